The predicted molar refractivity (Wildman–Crippen MR) is 93.5 cm³/mol. The standard InChI is InChI=1S/C15H22Cl2N4O3/c1-15(2,3)24-21(9-22)10-5-7-20(8-6-10)14-18-12(17)11(16)13(23)19(14)4/h9-10H,5-8H2,1-4H3. The molecule has 0 N–H and O–H groups in total. The summed E-state index contributed by atoms with van der Waals surface area (Å²) in [4.78, 5) is 35.2. The number of aromatic nitrogens is 2. The minimum Gasteiger partial charge on any atom is -0.342 e. The van der Waals surface area contributed by atoms with Gasteiger partial charge in [-0.2, -0.15) is 0 Å². The average molecular weight is 377 g/mol. The van der Waals surface area contributed by atoms with Gasteiger partial charge in [0.05, 0.1) is 11.6 Å². The molecule has 0 unspecified atom stereocenters. The van der Waals surface area contributed by atoms with Gasteiger partial charge in [0.2, 0.25) is 12.4 Å². The van der Waals surface area contributed by atoms with Gasteiger partial charge < -0.3 is 4.90 Å². The lowest BCUT2D eigenvalue weighted by atomic mass is 10.1. The van der Waals surface area contributed by atoms with Crippen molar-refractivity contribution < 1.29 is 9.63 Å². The van der Waals surface area contributed by atoms with E-state index in [1.165, 1.54) is 9.63 Å². The molecular formula is C15H22Cl2N4O3. The molecule has 0 saturated carbocycles. The molecule has 0 bridgehead atoms. The lowest BCUT2D eigenvalue weighted by molar-refractivity contribution is -0.234. The lowest BCUT2D eigenvalue weighted by Crippen LogP contribution is -2.48. The second-order valence-electron chi connectivity index (χ2n) is 6.77. The number of carbonyl (C=O) groups is 1. The third-order valence-corrected chi connectivity index (χ3v) is 4.47. The topological polar surface area (TPSA) is 67.7 Å². The van der Waals surface area contributed by atoms with Gasteiger partial charge in [0, 0.05) is 20.1 Å². The zero-order valence-corrected chi connectivity index (χ0v) is 15.8. The molecule has 1 aromatic rings. The number of hydroxylamine groups is 2. The highest BCUT2D eigenvalue weighted by Crippen LogP contribution is 2.24. The highest BCUT2D eigenvalue weighted by atomic mass is 35.5. The highest BCUT2D eigenvalue weighted by molar-refractivity contribution is 6.41. The molecule has 0 radical (unpaired) electrons. The van der Waals surface area contributed by atoms with Crippen molar-refractivity contribution in [2.45, 2.75) is 45.3 Å². The maximum absolute atomic E-state index is 12.0. The number of hydrogen-bond donors (Lipinski definition) is 0. The van der Waals surface area contributed by atoms with E-state index in [4.69, 9.17) is 28.0 Å². The van der Waals surface area contributed by atoms with Crippen molar-refractivity contribution in [2.75, 3.05) is 18.0 Å². The van der Waals surface area contributed by atoms with Crippen LogP contribution in [0.3, 0.4) is 0 Å². The Balaban J connectivity index is 2.11. The molecule has 134 valence electrons. The summed E-state index contributed by atoms with van der Waals surface area (Å²) in [6.07, 6.45) is 2.12. The minimum atomic E-state index is -0.437. The van der Waals surface area contributed by atoms with E-state index in [9.17, 15) is 9.59 Å². The van der Waals surface area contributed by atoms with Crippen molar-refractivity contribution >= 4 is 35.6 Å². The summed E-state index contributed by atoms with van der Waals surface area (Å²) in [7, 11) is 1.61. The lowest BCUT2D eigenvalue weighted by Gasteiger charge is -2.39. The van der Waals surface area contributed by atoms with Crippen molar-refractivity contribution in [3.05, 3.63) is 20.5 Å². The minimum absolute atomic E-state index is 0.00229. The maximum Gasteiger partial charge on any atom is 0.275 e. The van der Waals surface area contributed by atoms with Crippen LogP contribution in [0.2, 0.25) is 10.2 Å². The van der Waals surface area contributed by atoms with Crippen LogP contribution in [0.25, 0.3) is 0 Å². The Morgan fingerprint density at radius 2 is 1.88 bits per heavy atom. The number of anilines is 1. The Bertz CT molecular complexity index is 664. The molecule has 1 aromatic heterocycles. The van der Waals surface area contributed by atoms with Gasteiger partial charge in [0.25, 0.3) is 5.56 Å². The van der Waals surface area contributed by atoms with Crippen LogP contribution in [-0.2, 0) is 16.7 Å². The highest BCUT2D eigenvalue weighted by Gasteiger charge is 2.29. The summed E-state index contributed by atoms with van der Waals surface area (Å²) >= 11 is 11.8. The first kappa shape index (κ1) is 19.0. The van der Waals surface area contributed by atoms with Gasteiger partial charge >= 0.3 is 0 Å². The molecule has 1 aliphatic rings. The largest absolute Gasteiger partial charge is 0.342 e. The van der Waals surface area contributed by atoms with E-state index in [-0.39, 0.29) is 21.8 Å². The van der Waals surface area contributed by atoms with Crippen LogP contribution in [0.4, 0.5) is 5.95 Å². The molecule has 1 aliphatic heterocycles. The van der Waals surface area contributed by atoms with Crippen LogP contribution >= 0.6 is 23.2 Å². The van der Waals surface area contributed by atoms with E-state index in [2.05, 4.69) is 4.98 Å². The predicted octanol–water partition coefficient (Wildman–Crippen LogP) is 2.24. The Morgan fingerprint density at radius 3 is 2.38 bits per heavy atom. The van der Waals surface area contributed by atoms with E-state index >= 15 is 0 Å². The van der Waals surface area contributed by atoms with Gasteiger partial charge in [-0.3, -0.25) is 19.0 Å². The molecule has 0 aromatic carbocycles. The summed E-state index contributed by atoms with van der Waals surface area (Å²) in [6, 6.07) is -0.0159. The zero-order valence-electron chi connectivity index (χ0n) is 14.3. The molecule has 0 aliphatic carbocycles. The van der Waals surface area contributed by atoms with E-state index in [1.54, 1.807) is 7.05 Å². The van der Waals surface area contributed by atoms with Crippen molar-refractivity contribution in [3.63, 3.8) is 0 Å². The average Bonchev–Trinajstić information content (AvgIpc) is 2.53. The number of carbonyl (C=O) groups excluding carboxylic acids is 1. The fourth-order valence-corrected chi connectivity index (χ4v) is 2.97. The quantitative estimate of drug-likeness (QED) is 0.457. The first-order chi connectivity index (χ1) is 11.1. The second-order valence-corrected chi connectivity index (χ2v) is 7.50. The summed E-state index contributed by atoms with van der Waals surface area (Å²) < 4.78 is 1.39. The molecule has 7 nitrogen and oxygen atoms in total. The summed E-state index contributed by atoms with van der Waals surface area (Å²) in [6.45, 7) is 6.94. The van der Waals surface area contributed by atoms with Crippen LogP contribution in [0.15, 0.2) is 4.79 Å². The van der Waals surface area contributed by atoms with Crippen LogP contribution in [-0.4, -0.2) is 45.8 Å². The number of halogens is 2. The van der Waals surface area contributed by atoms with E-state index in [0.717, 1.165) is 6.41 Å². The first-order valence-corrected chi connectivity index (χ1v) is 8.49. The molecule has 0 atom stereocenters. The summed E-state index contributed by atoms with van der Waals surface area (Å²) in [5, 5.41) is 1.31. The fraction of sp³-hybridized carbons (Fsp3) is 0.667. The van der Waals surface area contributed by atoms with Gasteiger partial charge in [-0.25, -0.2) is 10.0 Å². The third-order valence-electron chi connectivity index (χ3n) is 3.76. The number of amides is 1. The molecule has 24 heavy (non-hydrogen) atoms. The van der Waals surface area contributed by atoms with E-state index in [0.29, 0.717) is 31.9 Å². The molecule has 2 rings (SSSR count). The van der Waals surface area contributed by atoms with Gasteiger partial charge in [0.1, 0.15) is 5.02 Å². The third kappa shape index (κ3) is 4.20. The Morgan fingerprint density at radius 1 is 1.29 bits per heavy atom. The van der Waals surface area contributed by atoms with Crippen LogP contribution in [0.5, 0.6) is 0 Å². The smallest absolute Gasteiger partial charge is 0.275 e. The molecular weight excluding hydrogens is 355 g/mol. The molecule has 0 spiro atoms. The molecule has 2 heterocycles. The van der Waals surface area contributed by atoms with E-state index < -0.39 is 5.60 Å². The Labute approximate surface area is 151 Å². The van der Waals surface area contributed by atoms with Crippen LogP contribution in [0, 0.1) is 0 Å². The van der Waals surface area contributed by atoms with Crippen molar-refractivity contribution in [3.8, 4) is 0 Å². The molecule has 1 amide bonds. The molecule has 1 fully saturated rings. The van der Waals surface area contributed by atoms with Crippen molar-refractivity contribution in [2.24, 2.45) is 7.05 Å². The zero-order chi connectivity index (χ0) is 18.1. The normalized spacial score (nSPS) is 16.3. The van der Waals surface area contributed by atoms with Gasteiger partial charge in [0.15, 0.2) is 5.15 Å². The van der Waals surface area contributed by atoms with Crippen LogP contribution < -0.4 is 10.5 Å². The van der Waals surface area contributed by atoms with Gasteiger partial charge in [-0.05, 0) is 33.6 Å². The van der Waals surface area contributed by atoms with Crippen molar-refractivity contribution in [1.82, 2.24) is 14.6 Å². The SMILES string of the molecule is Cn1c(N2CCC(N(C=O)OC(C)(C)C)CC2)nc(Cl)c(Cl)c1=O. The van der Waals surface area contributed by atoms with E-state index in [1.807, 2.05) is 25.7 Å². The first-order valence-electron chi connectivity index (χ1n) is 7.74. The number of hydrogen-bond acceptors (Lipinski definition) is 5. The number of nitrogens with zero attached hydrogens (tertiary/aromatic N) is 4. The van der Waals surface area contributed by atoms with Gasteiger partial charge in [-0.15, -0.1) is 0 Å². The fourth-order valence-electron chi connectivity index (χ4n) is 2.64. The number of piperidine rings is 1. The second kappa shape index (κ2) is 7.29. The monoisotopic (exact) mass is 376 g/mol. The van der Waals surface area contributed by atoms with Crippen LogP contribution in [0.1, 0.15) is 33.6 Å². The van der Waals surface area contributed by atoms with Gasteiger partial charge in [-0.1, -0.05) is 23.2 Å². The molecule has 9 heteroatoms. The number of rotatable bonds is 4. The Hall–Kier alpha value is -1.31. The summed E-state index contributed by atoms with van der Waals surface area (Å²) in [5.74, 6) is 0.474. The molecule has 1 saturated heterocycles. The van der Waals surface area contributed by atoms with Crippen molar-refractivity contribution in [1.29, 1.82) is 0 Å². The Kier molecular flexibility index (Phi) is 5.78. The maximum atomic E-state index is 12.0. The summed E-state index contributed by atoms with van der Waals surface area (Å²) in [5.41, 5.74) is -0.813.